The van der Waals surface area contributed by atoms with Crippen molar-refractivity contribution in [2.45, 2.75) is 13.8 Å². The number of ether oxygens (including phenoxy) is 1. The molecule has 0 unspecified atom stereocenters. The summed E-state index contributed by atoms with van der Waals surface area (Å²) in [6.07, 6.45) is 0. The minimum Gasteiger partial charge on any atom is -0.493 e. The predicted octanol–water partition coefficient (Wildman–Crippen LogP) is 2.40. The van der Waals surface area contributed by atoms with Crippen molar-refractivity contribution in [2.24, 2.45) is 0 Å². The molecule has 3 heteroatoms. The quantitative estimate of drug-likeness (QED) is 0.698. The molecule has 0 aliphatic heterocycles. The van der Waals surface area contributed by atoms with Gasteiger partial charge in [-0.25, -0.2) is 4.39 Å². The van der Waals surface area contributed by atoms with Gasteiger partial charge in [0.05, 0.1) is 12.2 Å². The van der Waals surface area contributed by atoms with Crippen molar-refractivity contribution in [1.82, 2.24) is 0 Å². The van der Waals surface area contributed by atoms with Gasteiger partial charge in [0.1, 0.15) is 17.6 Å². The van der Waals surface area contributed by atoms with Gasteiger partial charge in [0.2, 0.25) is 0 Å². The van der Waals surface area contributed by atoms with E-state index in [-0.39, 0.29) is 5.56 Å². The standard InChI is InChI=1S/C10H10FNO/c1-3-13-9-5-4-8(6-12)10(11)7(9)2/h4-5H,3H2,1-2H3. The molecule has 0 aliphatic carbocycles. The summed E-state index contributed by atoms with van der Waals surface area (Å²) < 4.78 is 18.5. The van der Waals surface area contributed by atoms with Crippen LogP contribution in [0, 0.1) is 24.1 Å². The van der Waals surface area contributed by atoms with Crippen molar-refractivity contribution in [2.75, 3.05) is 6.61 Å². The highest BCUT2D eigenvalue weighted by Crippen LogP contribution is 2.22. The average molecular weight is 179 g/mol. The number of halogens is 1. The third kappa shape index (κ3) is 1.78. The van der Waals surface area contributed by atoms with Crippen LogP contribution >= 0.6 is 0 Å². The van der Waals surface area contributed by atoms with Crippen LogP contribution < -0.4 is 4.74 Å². The molecule has 1 rings (SSSR count). The molecule has 0 aliphatic rings. The highest BCUT2D eigenvalue weighted by molar-refractivity contribution is 5.42. The van der Waals surface area contributed by atoms with Crippen LogP contribution in [0.25, 0.3) is 0 Å². The molecule has 0 fully saturated rings. The first kappa shape index (κ1) is 9.53. The van der Waals surface area contributed by atoms with Crippen molar-refractivity contribution in [3.8, 4) is 11.8 Å². The molecular formula is C10H10FNO. The van der Waals surface area contributed by atoms with Gasteiger partial charge in [0.15, 0.2) is 0 Å². The number of benzene rings is 1. The second-order valence-corrected chi connectivity index (χ2v) is 2.60. The molecular weight excluding hydrogens is 169 g/mol. The minimum absolute atomic E-state index is 0.0564. The Morgan fingerprint density at radius 3 is 2.77 bits per heavy atom. The summed E-state index contributed by atoms with van der Waals surface area (Å²) in [5.41, 5.74) is 0.446. The molecule has 0 saturated carbocycles. The maximum Gasteiger partial charge on any atom is 0.147 e. The van der Waals surface area contributed by atoms with Gasteiger partial charge >= 0.3 is 0 Å². The van der Waals surface area contributed by atoms with Crippen molar-refractivity contribution in [1.29, 1.82) is 5.26 Å². The van der Waals surface area contributed by atoms with Crippen LogP contribution in [0.4, 0.5) is 4.39 Å². The van der Waals surface area contributed by atoms with E-state index in [2.05, 4.69) is 0 Å². The molecule has 2 nitrogen and oxygen atoms in total. The summed E-state index contributed by atoms with van der Waals surface area (Å²) >= 11 is 0. The lowest BCUT2D eigenvalue weighted by Gasteiger charge is -2.07. The zero-order valence-electron chi connectivity index (χ0n) is 7.60. The predicted molar refractivity (Wildman–Crippen MR) is 47.0 cm³/mol. The Kier molecular flexibility index (Phi) is 2.86. The van der Waals surface area contributed by atoms with E-state index in [4.69, 9.17) is 10.00 Å². The fourth-order valence-electron chi connectivity index (χ4n) is 1.07. The second kappa shape index (κ2) is 3.90. The van der Waals surface area contributed by atoms with Gasteiger partial charge in [-0.2, -0.15) is 5.26 Å². The zero-order valence-corrected chi connectivity index (χ0v) is 7.60. The number of nitriles is 1. The van der Waals surface area contributed by atoms with Crippen LogP contribution in [0.15, 0.2) is 12.1 Å². The highest BCUT2D eigenvalue weighted by Gasteiger charge is 2.09. The molecule has 0 atom stereocenters. The molecule has 68 valence electrons. The maximum atomic E-state index is 13.3. The fourth-order valence-corrected chi connectivity index (χ4v) is 1.07. The van der Waals surface area contributed by atoms with Gasteiger partial charge in [-0.3, -0.25) is 0 Å². The lowest BCUT2D eigenvalue weighted by molar-refractivity contribution is 0.335. The largest absolute Gasteiger partial charge is 0.493 e. The van der Waals surface area contributed by atoms with E-state index in [0.717, 1.165) is 0 Å². The summed E-state index contributed by atoms with van der Waals surface area (Å²) in [6, 6.07) is 4.81. The van der Waals surface area contributed by atoms with Crippen LogP contribution in [-0.2, 0) is 0 Å². The Hall–Kier alpha value is -1.56. The van der Waals surface area contributed by atoms with Crippen LogP contribution in [0.1, 0.15) is 18.1 Å². The van der Waals surface area contributed by atoms with Crippen LogP contribution in [-0.4, -0.2) is 6.61 Å². The first-order chi connectivity index (χ1) is 6.20. The fraction of sp³-hybridized carbons (Fsp3) is 0.300. The Morgan fingerprint density at radius 2 is 2.23 bits per heavy atom. The normalized spacial score (nSPS) is 9.38. The molecule has 1 aromatic rings. The lowest BCUT2D eigenvalue weighted by atomic mass is 10.1. The molecule has 0 aromatic heterocycles. The lowest BCUT2D eigenvalue weighted by Crippen LogP contribution is -1.97. The SMILES string of the molecule is CCOc1ccc(C#N)c(F)c1C. The van der Waals surface area contributed by atoms with Gasteiger partial charge in [-0.1, -0.05) is 0 Å². The number of rotatable bonds is 2. The van der Waals surface area contributed by atoms with E-state index in [9.17, 15) is 4.39 Å². The monoisotopic (exact) mass is 179 g/mol. The van der Waals surface area contributed by atoms with Gasteiger partial charge in [0.25, 0.3) is 0 Å². The van der Waals surface area contributed by atoms with Crippen LogP contribution in [0.5, 0.6) is 5.75 Å². The Bertz CT molecular complexity index is 355. The minimum atomic E-state index is -0.492. The molecule has 1 aromatic carbocycles. The van der Waals surface area contributed by atoms with Crippen LogP contribution in [0.3, 0.4) is 0 Å². The molecule has 0 heterocycles. The Balaban J connectivity index is 3.17. The van der Waals surface area contributed by atoms with Gasteiger partial charge in [-0.05, 0) is 26.0 Å². The van der Waals surface area contributed by atoms with E-state index < -0.39 is 5.82 Å². The highest BCUT2D eigenvalue weighted by atomic mass is 19.1. The Morgan fingerprint density at radius 1 is 1.54 bits per heavy atom. The van der Waals surface area contributed by atoms with Gasteiger partial charge in [-0.15, -0.1) is 0 Å². The van der Waals surface area contributed by atoms with E-state index in [1.807, 2.05) is 6.92 Å². The van der Waals surface area contributed by atoms with Crippen molar-refractivity contribution < 1.29 is 9.13 Å². The summed E-state index contributed by atoms with van der Waals surface area (Å²) in [5, 5.41) is 8.53. The third-order valence-electron chi connectivity index (χ3n) is 1.76. The molecule has 0 radical (unpaired) electrons. The molecule has 0 N–H and O–H groups in total. The smallest absolute Gasteiger partial charge is 0.147 e. The average Bonchev–Trinajstić information content (AvgIpc) is 2.14. The van der Waals surface area contributed by atoms with E-state index in [1.54, 1.807) is 19.1 Å². The summed E-state index contributed by atoms with van der Waals surface area (Å²) in [7, 11) is 0. The molecule has 0 spiro atoms. The summed E-state index contributed by atoms with van der Waals surface area (Å²) in [6.45, 7) is 3.92. The van der Waals surface area contributed by atoms with Crippen molar-refractivity contribution >= 4 is 0 Å². The van der Waals surface area contributed by atoms with E-state index in [1.165, 1.54) is 6.07 Å². The molecule has 0 amide bonds. The molecule has 13 heavy (non-hydrogen) atoms. The van der Waals surface area contributed by atoms with Gasteiger partial charge < -0.3 is 4.74 Å². The first-order valence-electron chi connectivity index (χ1n) is 4.02. The second-order valence-electron chi connectivity index (χ2n) is 2.60. The number of hydrogen-bond donors (Lipinski definition) is 0. The summed E-state index contributed by atoms with van der Waals surface area (Å²) in [5.74, 6) is 0.00690. The van der Waals surface area contributed by atoms with Crippen molar-refractivity contribution in [3.63, 3.8) is 0 Å². The van der Waals surface area contributed by atoms with E-state index >= 15 is 0 Å². The maximum absolute atomic E-state index is 13.3. The molecule has 0 saturated heterocycles. The third-order valence-corrected chi connectivity index (χ3v) is 1.76. The van der Waals surface area contributed by atoms with Crippen LogP contribution in [0.2, 0.25) is 0 Å². The Labute approximate surface area is 76.6 Å². The summed E-state index contributed by atoms with van der Waals surface area (Å²) in [4.78, 5) is 0. The molecule has 0 bridgehead atoms. The number of hydrogen-bond acceptors (Lipinski definition) is 2. The van der Waals surface area contributed by atoms with Crippen molar-refractivity contribution in [3.05, 3.63) is 29.1 Å². The topological polar surface area (TPSA) is 33.0 Å². The van der Waals surface area contributed by atoms with E-state index in [0.29, 0.717) is 17.9 Å². The first-order valence-corrected chi connectivity index (χ1v) is 4.02. The van der Waals surface area contributed by atoms with Gasteiger partial charge in [0, 0.05) is 5.56 Å². The number of nitrogens with zero attached hydrogens (tertiary/aromatic N) is 1. The zero-order chi connectivity index (χ0) is 9.84.